The van der Waals surface area contributed by atoms with Crippen LogP contribution >= 0.6 is 0 Å². The third-order valence-electron chi connectivity index (χ3n) is 4.78. The Labute approximate surface area is 163 Å². The molecule has 2 aromatic rings. The Morgan fingerprint density at radius 1 is 1.18 bits per heavy atom. The van der Waals surface area contributed by atoms with Crippen molar-refractivity contribution in [1.29, 1.82) is 0 Å². The van der Waals surface area contributed by atoms with Gasteiger partial charge in [-0.3, -0.25) is 19.8 Å². The number of nitrogens with zero attached hydrogens (tertiary/aromatic N) is 2. The second kappa shape index (κ2) is 9.29. The smallest absolute Gasteiger partial charge is 0.269 e. The Hall–Kier alpha value is -2.97. The third kappa shape index (κ3) is 4.85. The van der Waals surface area contributed by atoms with Crippen molar-refractivity contribution in [2.24, 2.45) is 0 Å². The lowest BCUT2D eigenvalue weighted by Crippen LogP contribution is -2.43. The summed E-state index contributed by atoms with van der Waals surface area (Å²) in [5.74, 6) is 0.515. The lowest BCUT2D eigenvalue weighted by molar-refractivity contribution is -0.384. The van der Waals surface area contributed by atoms with Gasteiger partial charge in [0.15, 0.2) is 0 Å². The van der Waals surface area contributed by atoms with Crippen LogP contribution in [0.1, 0.15) is 22.0 Å². The van der Waals surface area contributed by atoms with E-state index in [0.29, 0.717) is 25.3 Å². The SMILES string of the molecule is COc1ccc(C(CNC(=O)c2ccc([N+](=O)[O-])cc2)N2CCOCC2)cc1. The summed E-state index contributed by atoms with van der Waals surface area (Å²) >= 11 is 0. The number of nitro groups is 1. The van der Waals surface area contributed by atoms with Crippen LogP contribution in [-0.4, -0.2) is 55.7 Å². The second-order valence-corrected chi connectivity index (χ2v) is 6.45. The summed E-state index contributed by atoms with van der Waals surface area (Å²) in [7, 11) is 1.62. The molecule has 1 heterocycles. The monoisotopic (exact) mass is 385 g/mol. The van der Waals surface area contributed by atoms with Crippen molar-refractivity contribution in [3.8, 4) is 5.75 Å². The van der Waals surface area contributed by atoms with Crippen LogP contribution in [0.3, 0.4) is 0 Å². The Bertz CT molecular complexity index is 802. The van der Waals surface area contributed by atoms with E-state index in [1.54, 1.807) is 7.11 Å². The van der Waals surface area contributed by atoms with Gasteiger partial charge in [0.1, 0.15) is 5.75 Å². The zero-order valence-corrected chi connectivity index (χ0v) is 15.7. The van der Waals surface area contributed by atoms with Gasteiger partial charge in [0.05, 0.1) is 31.3 Å². The molecule has 8 nitrogen and oxygen atoms in total. The minimum atomic E-state index is -0.486. The molecule has 1 amide bonds. The molecule has 0 bridgehead atoms. The van der Waals surface area contributed by atoms with Gasteiger partial charge in [0, 0.05) is 37.3 Å². The third-order valence-corrected chi connectivity index (χ3v) is 4.78. The van der Waals surface area contributed by atoms with Crippen LogP contribution in [0.5, 0.6) is 5.75 Å². The molecule has 1 saturated heterocycles. The van der Waals surface area contributed by atoms with E-state index in [1.165, 1.54) is 24.3 Å². The van der Waals surface area contributed by atoms with E-state index >= 15 is 0 Å². The largest absolute Gasteiger partial charge is 0.497 e. The van der Waals surface area contributed by atoms with Crippen LogP contribution in [0, 0.1) is 10.1 Å². The Morgan fingerprint density at radius 3 is 2.39 bits per heavy atom. The van der Waals surface area contributed by atoms with E-state index < -0.39 is 4.92 Å². The number of morpholine rings is 1. The number of carbonyl (C=O) groups is 1. The number of nitrogens with one attached hydrogen (secondary N) is 1. The number of rotatable bonds is 7. The molecule has 0 radical (unpaired) electrons. The van der Waals surface area contributed by atoms with Crippen molar-refractivity contribution in [2.45, 2.75) is 6.04 Å². The van der Waals surface area contributed by atoms with Gasteiger partial charge in [-0.1, -0.05) is 12.1 Å². The fourth-order valence-electron chi connectivity index (χ4n) is 3.20. The number of hydrogen-bond donors (Lipinski definition) is 1. The van der Waals surface area contributed by atoms with E-state index in [9.17, 15) is 14.9 Å². The first-order valence-corrected chi connectivity index (χ1v) is 9.07. The Kier molecular flexibility index (Phi) is 6.57. The molecule has 1 fully saturated rings. The minimum Gasteiger partial charge on any atom is -0.497 e. The lowest BCUT2D eigenvalue weighted by Gasteiger charge is -2.35. The number of non-ortho nitro benzene ring substituents is 1. The van der Waals surface area contributed by atoms with Crippen LogP contribution < -0.4 is 10.1 Å². The minimum absolute atomic E-state index is 0.00296. The molecule has 1 unspecified atom stereocenters. The highest BCUT2D eigenvalue weighted by atomic mass is 16.6. The first-order valence-electron chi connectivity index (χ1n) is 9.07. The topological polar surface area (TPSA) is 93.9 Å². The van der Waals surface area contributed by atoms with Crippen molar-refractivity contribution in [3.63, 3.8) is 0 Å². The summed E-state index contributed by atoms with van der Waals surface area (Å²) in [6.07, 6.45) is 0. The van der Waals surface area contributed by atoms with E-state index in [2.05, 4.69) is 10.2 Å². The number of amides is 1. The number of methoxy groups -OCH3 is 1. The summed E-state index contributed by atoms with van der Waals surface area (Å²) in [4.78, 5) is 25.0. The van der Waals surface area contributed by atoms with E-state index in [0.717, 1.165) is 24.4 Å². The van der Waals surface area contributed by atoms with Crippen molar-refractivity contribution in [1.82, 2.24) is 10.2 Å². The number of nitro benzene ring substituents is 1. The zero-order chi connectivity index (χ0) is 19.9. The maximum atomic E-state index is 12.5. The maximum Gasteiger partial charge on any atom is 0.269 e. The molecule has 2 aromatic carbocycles. The fourth-order valence-corrected chi connectivity index (χ4v) is 3.20. The summed E-state index contributed by atoms with van der Waals surface area (Å²) in [6, 6.07) is 13.4. The highest BCUT2D eigenvalue weighted by Crippen LogP contribution is 2.24. The second-order valence-electron chi connectivity index (χ2n) is 6.45. The van der Waals surface area contributed by atoms with Crippen molar-refractivity contribution in [2.75, 3.05) is 40.0 Å². The van der Waals surface area contributed by atoms with Crippen LogP contribution in [-0.2, 0) is 4.74 Å². The highest BCUT2D eigenvalue weighted by molar-refractivity contribution is 5.94. The first-order chi connectivity index (χ1) is 13.6. The molecule has 1 aliphatic heterocycles. The average Bonchev–Trinajstić information content (AvgIpc) is 2.75. The standard InChI is InChI=1S/C20H23N3O5/c1-27-18-8-4-15(5-9-18)19(22-10-12-28-13-11-22)14-21-20(24)16-2-6-17(7-3-16)23(25)26/h2-9,19H,10-14H2,1H3,(H,21,24). The summed E-state index contributed by atoms with van der Waals surface area (Å²) in [5.41, 5.74) is 1.42. The maximum absolute atomic E-state index is 12.5. The number of ether oxygens (including phenoxy) is 2. The van der Waals surface area contributed by atoms with Gasteiger partial charge in [0.2, 0.25) is 0 Å². The molecule has 148 valence electrons. The number of hydrogen-bond acceptors (Lipinski definition) is 6. The van der Waals surface area contributed by atoms with Gasteiger partial charge in [-0.15, -0.1) is 0 Å². The molecular formula is C20H23N3O5. The zero-order valence-electron chi connectivity index (χ0n) is 15.7. The number of benzene rings is 2. The molecule has 1 N–H and O–H groups in total. The van der Waals surface area contributed by atoms with Crippen LogP contribution in [0.2, 0.25) is 0 Å². The molecule has 3 rings (SSSR count). The van der Waals surface area contributed by atoms with Gasteiger partial charge in [-0.25, -0.2) is 0 Å². The van der Waals surface area contributed by atoms with Gasteiger partial charge in [-0.2, -0.15) is 0 Å². The predicted octanol–water partition coefficient (Wildman–Crippen LogP) is 2.41. The highest BCUT2D eigenvalue weighted by Gasteiger charge is 2.23. The molecule has 8 heteroatoms. The summed E-state index contributed by atoms with van der Waals surface area (Å²) in [6.45, 7) is 3.29. The molecule has 0 aromatic heterocycles. The molecule has 28 heavy (non-hydrogen) atoms. The lowest BCUT2D eigenvalue weighted by atomic mass is 10.0. The van der Waals surface area contributed by atoms with Crippen LogP contribution in [0.4, 0.5) is 5.69 Å². The van der Waals surface area contributed by atoms with E-state index in [4.69, 9.17) is 9.47 Å². The van der Waals surface area contributed by atoms with Crippen molar-refractivity contribution >= 4 is 11.6 Å². The molecule has 1 atom stereocenters. The van der Waals surface area contributed by atoms with Gasteiger partial charge in [0.25, 0.3) is 11.6 Å². The van der Waals surface area contributed by atoms with E-state index in [-0.39, 0.29) is 17.6 Å². The molecule has 0 aliphatic carbocycles. The predicted molar refractivity (Wildman–Crippen MR) is 104 cm³/mol. The number of carbonyl (C=O) groups excluding carboxylic acids is 1. The van der Waals surface area contributed by atoms with Gasteiger partial charge in [-0.05, 0) is 29.8 Å². The Morgan fingerprint density at radius 2 is 1.82 bits per heavy atom. The molecule has 0 spiro atoms. The normalized spacial score (nSPS) is 15.6. The Balaban J connectivity index is 1.71. The van der Waals surface area contributed by atoms with Crippen molar-refractivity contribution in [3.05, 3.63) is 69.8 Å². The van der Waals surface area contributed by atoms with Gasteiger partial charge < -0.3 is 14.8 Å². The summed E-state index contributed by atoms with van der Waals surface area (Å²) < 4.78 is 10.7. The molecular weight excluding hydrogens is 362 g/mol. The summed E-state index contributed by atoms with van der Waals surface area (Å²) in [5, 5.41) is 13.7. The van der Waals surface area contributed by atoms with Crippen molar-refractivity contribution < 1.29 is 19.2 Å². The molecule has 1 aliphatic rings. The van der Waals surface area contributed by atoms with Gasteiger partial charge >= 0.3 is 0 Å². The molecule has 0 saturated carbocycles. The quantitative estimate of drug-likeness (QED) is 0.581. The first kappa shape index (κ1) is 19.8. The van der Waals surface area contributed by atoms with E-state index in [1.807, 2.05) is 24.3 Å². The van der Waals surface area contributed by atoms with Crippen LogP contribution in [0.15, 0.2) is 48.5 Å². The van der Waals surface area contributed by atoms with Crippen LogP contribution in [0.25, 0.3) is 0 Å². The average molecular weight is 385 g/mol. The fraction of sp³-hybridized carbons (Fsp3) is 0.350.